The molecule has 4 aromatic rings. The molecule has 7 nitrogen and oxygen atoms in total. The number of halogens is 3. The Morgan fingerprint density at radius 1 is 1.18 bits per heavy atom. The van der Waals surface area contributed by atoms with Crippen molar-refractivity contribution in [2.75, 3.05) is 6.26 Å². The number of ether oxygens (including phenoxy) is 1. The average molecular weight is 489 g/mol. The fourth-order valence-corrected chi connectivity index (χ4v) is 4.88. The lowest BCUT2D eigenvalue weighted by Crippen LogP contribution is -2.10. The summed E-state index contributed by atoms with van der Waals surface area (Å²) in [7, 11) is -3.51. The van der Waals surface area contributed by atoms with E-state index in [1.807, 2.05) is 0 Å². The number of hydrogen-bond acceptors (Lipinski definition) is 6. The van der Waals surface area contributed by atoms with Gasteiger partial charge in [-0.05, 0) is 24.3 Å². The van der Waals surface area contributed by atoms with E-state index in [-0.39, 0.29) is 34.1 Å². The van der Waals surface area contributed by atoms with Crippen LogP contribution in [0.25, 0.3) is 22.2 Å². The van der Waals surface area contributed by atoms with Crippen LogP contribution in [0.2, 0.25) is 0 Å². The van der Waals surface area contributed by atoms with Gasteiger partial charge in [0.2, 0.25) is 0 Å². The maximum atomic E-state index is 15.0. The number of para-hydroxylation sites is 1. The highest BCUT2D eigenvalue weighted by Gasteiger charge is 2.36. The smallest absolute Gasteiger partial charge is 0.387 e. The lowest BCUT2D eigenvalue weighted by atomic mass is 10.0. The number of imidazole rings is 1. The summed E-state index contributed by atoms with van der Waals surface area (Å²) in [5.74, 6) is -0.341. The molecule has 0 fully saturated rings. The zero-order valence-electron chi connectivity index (χ0n) is 17.7. The molecule has 0 amide bonds. The first-order valence-electron chi connectivity index (χ1n) is 10.2. The van der Waals surface area contributed by atoms with Gasteiger partial charge < -0.3 is 14.4 Å². The number of sulfone groups is 1. The zero-order valence-corrected chi connectivity index (χ0v) is 18.5. The van der Waals surface area contributed by atoms with Crippen molar-refractivity contribution in [3.05, 3.63) is 71.9 Å². The van der Waals surface area contributed by atoms with Crippen molar-refractivity contribution in [3.63, 3.8) is 0 Å². The summed E-state index contributed by atoms with van der Waals surface area (Å²) in [6.07, 6.45) is 1.48. The molecule has 2 aromatic carbocycles. The van der Waals surface area contributed by atoms with Crippen LogP contribution in [-0.2, 0) is 9.84 Å². The molecular weight excluding hydrogens is 471 g/mol. The first-order valence-corrected chi connectivity index (χ1v) is 12.1. The molecule has 3 heterocycles. The maximum absolute atomic E-state index is 15.0. The van der Waals surface area contributed by atoms with Crippen molar-refractivity contribution in [3.8, 4) is 16.9 Å². The van der Waals surface area contributed by atoms with Gasteiger partial charge in [-0.25, -0.2) is 22.8 Å². The monoisotopic (exact) mass is 489 g/mol. The van der Waals surface area contributed by atoms with Gasteiger partial charge in [-0.15, -0.1) is 0 Å². The number of hydrogen-bond donors (Lipinski definition) is 1. The number of aliphatic hydroxyl groups excluding tert-OH is 1. The number of pyridine rings is 1. The van der Waals surface area contributed by atoms with Gasteiger partial charge in [0, 0.05) is 41.6 Å². The van der Waals surface area contributed by atoms with Crippen molar-refractivity contribution >= 4 is 20.9 Å². The van der Waals surface area contributed by atoms with E-state index in [9.17, 15) is 26.7 Å². The molecule has 1 aliphatic rings. The van der Waals surface area contributed by atoms with Crippen LogP contribution >= 0.6 is 0 Å². The number of aromatic nitrogens is 3. The number of benzene rings is 2. The highest BCUT2D eigenvalue weighted by atomic mass is 32.2. The van der Waals surface area contributed by atoms with Crippen molar-refractivity contribution < 1.29 is 31.4 Å². The van der Waals surface area contributed by atoms with Crippen LogP contribution in [0.1, 0.15) is 30.0 Å². The van der Waals surface area contributed by atoms with Gasteiger partial charge in [-0.1, -0.05) is 18.2 Å². The summed E-state index contributed by atoms with van der Waals surface area (Å²) in [6, 6.07) is 11.2. The van der Waals surface area contributed by atoms with Crippen LogP contribution in [0.3, 0.4) is 0 Å². The first kappa shape index (κ1) is 22.4. The minimum atomic E-state index is -3.51. The quantitative estimate of drug-likeness (QED) is 0.450. The van der Waals surface area contributed by atoms with E-state index in [2.05, 4.69) is 14.7 Å². The number of alkyl halides is 2. The fourth-order valence-electron chi connectivity index (χ4n) is 4.32. The second kappa shape index (κ2) is 8.10. The minimum absolute atomic E-state index is 0.0210. The van der Waals surface area contributed by atoms with Gasteiger partial charge in [-0.3, -0.25) is 0 Å². The molecule has 2 aromatic heterocycles. The molecule has 0 aliphatic carbocycles. The number of rotatable bonds is 5. The summed E-state index contributed by atoms with van der Waals surface area (Å²) in [6.45, 7) is -3.02. The van der Waals surface area contributed by atoms with E-state index in [4.69, 9.17) is 0 Å². The Balaban J connectivity index is 1.65. The molecule has 1 unspecified atom stereocenters. The molecule has 1 N–H and O–H groups in total. The number of aliphatic hydroxyl groups is 1. The van der Waals surface area contributed by atoms with Gasteiger partial charge in [0.1, 0.15) is 23.5 Å². The molecule has 0 saturated carbocycles. The lowest BCUT2D eigenvalue weighted by molar-refractivity contribution is -0.0507. The molecule has 2 atom stereocenters. The molecule has 11 heteroatoms. The Labute approximate surface area is 192 Å². The molecule has 34 heavy (non-hydrogen) atoms. The lowest BCUT2D eigenvalue weighted by Gasteiger charge is -2.19. The fraction of sp³-hybridized carbons (Fsp3) is 0.217. The van der Waals surface area contributed by atoms with E-state index < -0.39 is 34.4 Å². The van der Waals surface area contributed by atoms with Crippen LogP contribution in [-0.4, -0.2) is 40.9 Å². The van der Waals surface area contributed by atoms with E-state index in [0.717, 1.165) is 6.26 Å². The highest BCUT2D eigenvalue weighted by Crippen LogP contribution is 2.44. The number of nitrogens with zero attached hydrogens (tertiary/aromatic N) is 3. The predicted octanol–water partition coefficient (Wildman–Crippen LogP) is 4.27. The van der Waals surface area contributed by atoms with Gasteiger partial charge in [0.15, 0.2) is 14.9 Å². The first-order chi connectivity index (χ1) is 16.1. The van der Waals surface area contributed by atoms with Gasteiger partial charge >= 0.3 is 6.61 Å². The van der Waals surface area contributed by atoms with E-state index >= 15 is 0 Å². The highest BCUT2D eigenvalue weighted by molar-refractivity contribution is 7.90. The normalized spacial score (nSPS) is 17.9. The summed E-state index contributed by atoms with van der Waals surface area (Å²) >= 11 is 0. The molecule has 176 valence electrons. The van der Waals surface area contributed by atoms with E-state index in [1.165, 1.54) is 36.5 Å². The molecular formula is C23H18F3N3O4S. The Bertz CT molecular complexity index is 1500. The van der Waals surface area contributed by atoms with Crippen LogP contribution in [0, 0.1) is 5.82 Å². The topological polar surface area (TPSA) is 94.3 Å². The standard InChI is InChI=1S/C23H18F3N3O4S/c1-34(31,32)21-7-6-12(11-27-21)14-8-18-16(9-15(14)24)28-22-19(30)10-17(29(18)22)13-4-2-3-5-20(13)33-23(25)26/h2-9,11,17,19,23,30H,10H2,1H3/t17-,19?/m0/s1. The van der Waals surface area contributed by atoms with E-state index in [1.54, 1.807) is 22.8 Å². The SMILES string of the molecule is CS(=O)(=O)c1ccc(-c2cc3c(cc2F)nc2n3[C@H](c3ccccc3OC(F)F)CC2O)cn1. The van der Waals surface area contributed by atoms with Crippen LogP contribution in [0.5, 0.6) is 5.75 Å². The van der Waals surface area contributed by atoms with Crippen molar-refractivity contribution in [2.45, 2.75) is 30.2 Å². The molecule has 1 aliphatic heterocycles. The summed E-state index contributed by atoms with van der Waals surface area (Å²) in [5.41, 5.74) is 1.70. The minimum Gasteiger partial charge on any atom is -0.434 e. The van der Waals surface area contributed by atoms with Crippen LogP contribution in [0.15, 0.2) is 59.8 Å². The largest absolute Gasteiger partial charge is 0.434 e. The Kier molecular flexibility index (Phi) is 5.33. The maximum Gasteiger partial charge on any atom is 0.387 e. The second-order valence-electron chi connectivity index (χ2n) is 8.00. The predicted molar refractivity (Wildman–Crippen MR) is 117 cm³/mol. The summed E-state index contributed by atoms with van der Waals surface area (Å²) in [4.78, 5) is 8.29. The van der Waals surface area contributed by atoms with Crippen molar-refractivity contribution in [1.82, 2.24) is 14.5 Å². The molecule has 0 spiro atoms. The van der Waals surface area contributed by atoms with Gasteiger partial charge in [0.05, 0.1) is 17.1 Å². The Hall–Kier alpha value is -3.44. The third-order valence-corrected chi connectivity index (χ3v) is 6.78. The average Bonchev–Trinajstić information content (AvgIpc) is 3.29. The van der Waals surface area contributed by atoms with Crippen molar-refractivity contribution in [1.29, 1.82) is 0 Å². The molecule has 0 radical (unpaired) electrons. The van der Waals surface area contributed by atoms with E-state index in [0.29, 0.717) is 16.6 Å². The third kappa shape index (κ3) is 3.80. The Morgan fingerprint density at radius 2 is 1.94 bits per heavy atom. The molecule has 0 bridgehead atoms. The van der Waals surface area contributed by atoms with Gasteiger partial charge in [-0.2, -0.15) is 8.78 Å². The zero-order chi connectivity index (χ0) is 24.2. The second-order valence-corrected chi connectivity index (χ2v) is 9.96. The Morgan fingerprint density at radius 3 is 2.62 bits per heavy atom. The number of fused-ring (bicyclic) bond motifs is 3. The third-order valence-electron chi connectivity index (χ3n) is 5.78. The summed E-state index contributed by atoms with van der Waals surface area (Å²) < 4.78 is 70.6. The van der Waals surface area contributed by atoms with Crippen LogP contribution < -0.4 is 4.74 Å². The van der Waals surface area contributed by atoms with Gasteiger partial charge in [0.25, 0.3) is 0 Å². The summed E-state index contributed by atoms with van der Waals surface area (Å²) in [5, 5.41) is 10.5. The molecule has 5 rings (SSSR count). The van der Waals surface area contributed by atoms with Crippen molar-refractivity contribution in [2.24, 2.45) is 0 Å². The van der Waals surface area contributed by atoms with Crippen LogP contribution in [0.4, 0.5) is 13.2 Å². The molecule has 0 saturated heterocycles.